The summed E-state index contributed by atoms with van der Waals surface area (Å²) in [6, 6.07) is 2.73. The van der Waals surface area contributed by atoms with Crippen molar-refractivity contribution in [3.8, 4) is 0 Å². The lowest BCUT2D eigenvalue weighted by Crippen LogP contribution is -2.40. The van der Waals surface area contributed by atoms with E-state index in [0.717, 1.165) is 69.6 Å². The summed E-state index contributed by atoms with van der Waals surface area (Å²) in [5, 5.41) is 0. The van der Waals surface area contributed by atoms with Crippen LogP contribution in [-0.2, 0) is 6.18 Å². The lowest BCUT2D eigenvalue weighted by Gasteiger charge is -2.31. The van der Waals surface area contributed by atoms with Gasteiger partial charge in [-0.3, -0.25) is 4.79 Å². The smallest absolute Gasteiger partial charge is 0.338 e. The molecule has 30 heavy (non-hydrogen) atoms. The second kappa shape index (κ2) is 13.0. The van der Waals surface area contributed by atoms with E-state index in [1.807, 2.05) is 13.8 Å². The molecule has 0 aliphatic heterocycles. The number of unbranched alkanes of at least 4 members (excludes halogenated alkanes) is 2. The van der Waals surface area contributed by atoms with Gasteiger partial charge in [-0.15, -0.1) is 0 Å². The molecule has 1 aromatic carbocycles. The van der Waals surface area contributed by atoms with E-state index in [0.29, 0.717) is 13.1 Å². The number of benzene rings is 1. The Morgan fingerprint density at radius 3 is 1.83 bits per heavy atom. The lowest BCUT2D eigenvalue weighted by molar-refractivity contribution is -0.138. The van der Waals surface area contributed by atoms with Crippen LogP contribution in [0.5, 0.6) is 0 Å². The van der Waals surface area contributed by atoms with Crippen LogP contribution in [0.2, 0.25) is 0 Å². The van der Waals surface area contributed by atoms with Gasteiger partial charge in [0.1, 0.15) is 5.82 Å². The van der Waals surface area contributed by atoms with E-state index in [1.54, 1.807) is 0 Å². The van der Waals surface area contributed by atoms with Gasteiger partial charge in [-0.25, -0.2) is 4.39 Å². The van der Waals surface area contributed by atoms with Crippen molar-refractivity contribution >= 4 is 5.91 Å². The first-order chi connectivity index (χ1) is 14.2. The van der Waals surface area contributed by atoms with Gasteiger partial charge in [-0.05, 0) is 36.8 Å². The molecule has 0 saturated heterocycles. The van der Waals surface area contributed by atoms with Gasteiger partial charge in [0.15, 0.2) is 0 Å². The van der Waals surface area contributed by atoms with Gasteiger partial charge in [0.2, 0.25) is 0 Å². The second-order valence-electron chi connectivity index (χ2n) is 8.20. The average molecular weight is 432 g/mol. The Labute approximate surface area is 179 Å². The van der Waals surface area contributed by atoms with E-state index in [2.05, 4.69) is 13.8 Å². The van der Waals surface area contributed by atoms with Crippen molar-refractivity contribution in [2.45, 2.75) is 85.2 Å². The molecule has 0 heterocycles. The summed E-state index contributed by atoms with van der Waals surface area (Å²) >= 11 is 0. The zero-order valence-electron chi connectivity index (χ0n) is 18.8. The molecule has 0 spiro atoms. The zero-order valence-corrected chi connectivity index (χ0v) is 18.8. The van der Waals surface area contributed by atoms with E-state index in [-0.39, 0.29) is 11.8 Å². The number of alkyl halides is 3. The number of nitrogens with zero attached hydrogens (tertiary/aromatic N) is 1. The first-order valence-corrected chi connectivity index (χ1v) is 11.3. The molecule has 1 aromatic rings. The third kappa shape index (κ3) is 7.92. The summed E-state index contributed by atoms with van der Waals surface area (Å²) in [6.45, 7) is 8.96. The summed E-state index contributed by atoms with van der Waals surface area (Å²) in [4.78, 5) is 14.8. The van der Waals surface area contributed by atoms with Crippen LogP contribution in [0.25, 0.3) is 0 Å². The minimum Gasteiger partial charge on any atom is -0.338 e. The zero-order chi connectivity index (χ0) is 22.7. The van der Waals surface area contributed by atoms with Crippen LogP contribution in [-0.4, -0.2) is 23.9 Å². The third-order valence-corrected chi connectivity index (χ3v) is 5.86. The monoisotopic (exact) mass is 431 g/mol. The van der Waals surface area contributed by atoms with Gasteiger partial charge in [0.25, 0.3) is 5.91 Å². The number of carbonyl (C=O) groups is 1. The van der Waals surface area contributed by atoms with Crippen LogP contribution in [0.3, 0.4) is 0 Å². The Morgan fingerprint density at radius 1 is 0.933 bits per heavy atom. The average Bonchev–Trinajstić information content (AvgIpc) is 2.71. The maximum absolute atomic E-state index is 14.5. The molecule has 0 aliphatic rings. The van der Waals surface area contributed by atoms with Crippen LogP contribution in [0.15, 0.2) is 18.2 Å². The Bertz CT molecular complexity index is 627. The molecule has 0 bridgehead atoms. The van der Waals surface area contributed by atoms with Crippen molar-refractivity contribution in [1.82, 2.24) is 4.90 Å². The van der Waals surface area contributed by atoms with E-state index in [4.69, 9.17) is 0 Å². The first kappa shape index (κ1) is 26.4. The van der Waals surface area contributed by atoms with Crippen LogP contribution in [0, 0.1) is 17.7 Å². The number of hydrogen-bond donors (Lipinski definition) is 0. The second-order valence-corrected chi connectivity index (χ2v) is 8.20. The minimum atomic E-state index is -4.78. The topological polar surface area (TPSA) is 20.3 Å². The molecular weight excluding hydrogens is 394 g/mol. The first-order valence-electron chi connectivity index (χ1n) is 11.3. The van der Waals surface area contributed by atoms with Crippen molar-refractivity contribution in [2.75, 3.05) is 13.1 Å². The summed E-state index contributed by atoms with van der Waals surface area (Å²) in [6.07, 6.45) is 2.74. The van der Waals surface area contributed by atoms with Crippen molar-refractivity contribution in [1.29, 1.82) is 0 Å². The van der Waals surface area contributed by atoms with Crippen LogP contribution in [0.4, 0.5) is 17.6 Å². The molecule has 0 radical (unpaired) electrons. The predicted octanol–water partition coefficient (Wildman–Crippen LogP) is 7.72. The van der Waals surface area contributed by atoms with Gasteiger partial charge < -0.3 is 4.90 Å². The molecule has 2 unspecified atom stereocenters. The Kier molecular flexibility index (Phi) is 11.4. The summed E-state index contributed by atoms with van der Waals surface area (Å²) in [5.41, 5.74) is -2.04. The van der Waals surface area contributed by atoms with E-state index in [9.17, 15) is 22.4 Å². The van der Waals surface area contributed by atoms with Crippen molar-refractivity contribution < 1.29 is 22.4 Å². The van der Waals surface area contributed by atoms with Gasteiger partial charge in [0.05, 0.1) is 11.1 Å². The van der Waals surface area contributed by atoms with Crippen LogP contribution < -0.4 is 0 Å². The molecule has 172 valence electrons. The quantitative estimate of drug-likeness (QED) is 0.293. The van der Waals surface area contributed by atoms with Gasteiger partial charge in [-0.1, -0.05) is 72.3 Å². The van der Waals surface area contributed by atoms with Crippen molar-refractivity contribution in [2.24, 2.45) is 11.8 Å². The van der Waals surface area contributed by atoms with Crippen molar-refractivity contribution in [3.63, 3.8) is 0 Å². The van der Waals surface area contributed by atoms with Crippen LogP contribution >= 0.6 is 0 Å². The van der Waals surface area contributed by atoms with Gasteiger partial charge in [-0.2, -0.15) is 13.2 Å². The summed E-state index contributed by atoms with van der Waals surface area (Å²) in [5.74, 6) is -1.56. The highest BCUT2D eigenvalue weighted by Gasteiger charge is 2.38. The van der Waals surface area contributed by atoms with Gasteiger partial charge >= 0.3 is 6.18 Å². The molecule has 0 saturated carbocycles. The highest BCUT2D eigenvalue weighted by atomic mass is 19.4. The molecule has 2 atom stereocenters. The number of carbonyl (C=O) groups excluding carboxylic acids is 1. The molecular formula is C24H37F4NO. The molecule has 0 aliphatic carbocycles. The summed E-state index contributed by atoms with van der Waals surface area (Å²) in [7, 11) is 0. The minimum absolute atomic E-state index is 0.193. The molecule has 1 rings (SSSR count). The highest BCUT2D eigenvalue weighted by Crippen LogP contribution is 2.34. The standard InChI is InChI=1S/C24H37F4NO/c1-5-9-12-18(7-3)16-29(17-19(8-4)13-10-6-2)23(30)22-20(24(26,27)28)14-11-15-21(22)25/h11,14-15,18-19H,5-10,12-13,16-17H2,1-4H3. The fourth-order valence-electron chi connectivity index (χ4n) is 3.83. The number of halogens is 4. The molecule has 0 fully saturated rings. The fraction of sp³-hybridized carbons (Fsp3) is 0.708. The summed E-state index contributed by atoms with van der Waals surface area (Å²) < 4.78 is 55.0. The van der Waals surface area contributed by atoms with E-state index < -0.39 is 29.0 Å². The molecule has 0 N–H and O–H groups in total. The number of hydrogen-bond acceptors (Lipinski definition) is 1. The maximum atomic E-state index is 14.5. The Balaban J connectivity index is 3.27. The fourth-order valence-corrected chi connectivity index (χ4v) is 3.83. The molecule has 2 nitrogen and oxygen atoms in total. The maximum Gasteiger partial charge on any atom is 0.417 e. The van der Waals surface area contributed by atoms with E-state index in [1.165, 1.54) is 4.90 Å². The third-order valence-electron chi connectivity index (χ3n) is 5.86. The van der Waals surface area contributed by atoms with Crippen LogP contribution in [0.1, 0.15) is 95.0 Å². The normalized spacial score (nSPS) is 13.9. The Hall–Kier alpha value is -1.59. The number of rotatable bonds is 13. The predicted molar refractivity (Wildman–Crippen MR) is 114 cm³/mol. The number of amides is 1. The van der Waals surface area contributed by atoms with E-state index >= 15 is 0 Å². The lowest BCUT2D eigenvalue weighted by atomic mass is 9.94. The highest BCUT2D eigenvalue weighted by molar-refractivity contribution is 5.96. The SMILES string of the molecule is CCCCC(CC)CN(CC(CC)CCCC)C(=O)c1c(F)cccc1C(F)(F)F. The largest absolute Gasteiger partial charge is 0.417 e. The van der Waals surface area contributed by atoms with Crippen molar-refractivity contribution in [3.05, 3.63) is 35.1 Å². The molecule has 1 amide bonds. The Morgan fingerprint density at radius 2 is 1.43 bits per heavy atom. The van der Waals surface area contributed by atoms with Gasteiger partial charge in [0, 0.05) is 13.1 Å². The molecule has 0 aromatic heterocycles. The molecule has 6 heteroatoms.